The summed E-state index contributed by atoms with van der Waals surface area (Å²) in [6.45, 7) is 1.90. The summed E-state index contributed by atoms with van der Waals surface area (Å²) in [5, 5.41) is 0. The molecule has 0 aliphatic heterocycles. The molecule has 1 atom stereocenters. The van der Waals surface area contributed by atoms with E-state index in [4.69, 9.17) is 11.2 Å². The third-order valence-corrected chi connectivity index (χ3v) is 2.29. The van der Waals surface area contributed by atoms with E-state index >= 15 is 0 Å². The zero-order valence-corrected chi connectivity index (χ0v) is 9.48. The highest BCUT2D eigenvalue weighted by Crippen LogP contribution is 2.05. The lowest BCUT2D eigenvalue weighted by Crippen LogP contribution is -2.15. The van der Waals surface area contributed by atoms with Crippen molar-refractivity contribution < 1.29 is 9.53 Å². The fraction of sp³-hybridized carbons (Fsp3) is 0.357. The number of ether oxygens (including phenoxy) is 1. The predicted molar refractivity (Wildman–Crippen MR) is 63.8 cm³/mol. The molecule has 0 bridgehead atoms. The number of benzene rings is 1. The van der Waals surface area contributed by atoms with Crippen LogP contribution in [0.3, 0.4) is 0 Å². The Kier molecular flexibility index (Phi) is 5.15. The number of terminal acetylenes is 1. The molecule has 0 amide bonds. The van der Waals surface area contributed by atoms with Crippen LogP contribution < -0.4 is 0 Å². The third kappa shape index (κ3) is 4.18. The highest BCUT2D eigenvalue weighted by Gasteiger charge is 2.09. The van der Waals surface area contributed by atoms with Crippen LogP contribution in [0.1, 0.15) is 25.3 Å². The summed E-state index contributed by atoms with van der Waals surface area (Å²) in [4.78, 5) is 11.4. The average Bonchev–Trinajstić information content (AvgIpc) is 2.34. The van der Waals surface area contributed by atoms with Crippen LogP contribution in [0.5, 0.6) is 0 Å². The van der Waals surface area contributed by atoms with Gasteiger partial charge in [0, 0.05) is 6.42 Å². The maximum Gasteiger partial charge on any atom is 0.307 e. The first-order valence-corrected chi connectivity index (χ1v) is 5.45. The summed E-state index contributed by atoms with van der Waals surface area (Å²) < 4.78 is 5.10. The van der Waals surface area contributed by atoms with E-state index in [9.17, 15) is 4.79 Å². The molecule has 84 valence electrons. The summed E-state index contributed by atoms with van der Waals surface area (Å²) in [7, 11) is 0. The first-order valence-electron chi connectivity index (χ1n) is 5.45. The monoisotopic (exact) mass is 216 g/mol. The summed E-state index contributed by atoms with van der Waals surface area (Å²) >= 11 is 0. The Labute approximate surface area is 96.6 Å². The number of carbonyl (C=O) groups excluding carboxylic acids is 1. The van der Waals surface area contributed by atoms with Crippen LogP contribution in [0.4, 0.5) is 0 Å². The zero-order chi connectivity index (χ0) is 11.8. The number of rotatable bonds is 5. The molecule has 0 heterocycles. The summed E-state index contributed by atoms with van der Waals surface area (Å²) in [6, 6.07) is 9.85. The third-order valence-electron chi connectivity index (χ3n) is 2.29. The predicted octanol–water partition coefficient (Wildman–Crippen LogP) is 2.57. The van der Waals surface area contributed by atoms with Crippen LogP contribution in [0.25, 0.3) is 0 Å². The van der Waals surface area contributed by atoms with Crippen molar-refractivity contribution in [2.24, 2.45) is 0 Å². The van der Waals surface area contributed by atoms with E-state index < -0.39 is 0 Å². The Bertz CT molecular complexity index is 362. The summed E-state index contributed by atoms with van der Waals surface area (Å²) in [5.41, 5.74) is 1.13. The number of hydrogen-bond acceptors (Lipinski definition) is 2. The fourth-order valence-electron chi connectivity index (χ4n) is 1.34. The van der Waals surface area contributed by atoms with Crippen molar-refractivity contribution in [1.82, 2.24) is 0 Å². The van der Waals surface area contributed by atoms with E-state index in [1.54, 1.807) is 0 Å². The van der Waals surface area contributed by atoms with Gasteiger partial charge in [-0.25, -0.2) is 0 Å². The second-order valence-electron chi connectivity index (χ2n) is 3.54. The number of aryl methyl sites for hydroxylation is 1. The van der Waals surface area contributed by atoms with Crippen molar-refractivity contribution in [3.63, 3.8) is 0 Å². The van der Waals surface area contributed by atoms with Crippen molar-refractivity contribution in [2.45, 2.75) is 32.3 Å². The Morgan fingerprint density at radius 1 is 1.44 bits per heavy atom. The second kappa shape index (κ2) is 6.68. The van der Waals surface area contributed by atoms with Crippen LogP contribution >= 0.6 is 0 Å². The Balaban J connectivity index is 2.34. The Morgan fingerprint density at radius 3 is 2.69 bits per heavy atom. The van der Waals surface area contributed by atoms with Crippen molar-refractivity contribution >= 4 is 5.97 Å². The molecule has 2 heteroatoms. The number of esters is 1. The van der Waals surface area contributed by atoms with Gasteiger partial charge in [-0.15, -0.1) is 6.42 Å². The molecule has 2 nitrogen and oxygen atoms in total. The zero-order valence-electron chi connectivity index (χ0n) is 9.48. The van der Waals surface area contributed by atoms with Crippen LogP contribution in [0, 0.1) is 12.3 Å². The van der Waals surface area contributed by atoms with Crippen LogP contribution in [-0.2, 0) is 16.0 Å². The molecule has 1 aromatic rings. The SMILES string of the molecule is C#CC(CC)OC(=O)CCc1ccccc1. The topological polar surface area (TPSA) is 26.3 Å². The molecule has 1 unspecified atom stereocenters. The van der Waals surface area contributed by atoms with Crippen molar-refractivity contribution in [1.29, 1.82) is 0 Å². The van der Waals surface area contributed by atoms with Gasteiger partial charge in [-0.3, -0.25) is 4.79 Å². The van der Waals surface area contributed by atoms with Crippen LogP contribution in [0.2, 0.25) is 0 Å². The number of carbonyl (C=O) groups is 1. The molecule has 0 spiro atoms. The van der Waals surface area contributed by atoms with Gasteiger partial charge >= 0.3 is 5.97 Å². The maximum absolute atomic E-state index is 11.4. The van der Waals surface area contributed by atoms with E-state index in [0.717, 1.165) is 5.56 Å². The van der Waals surface area contributed by atoms with Gasteiger partial charge in [-0.05, 0) is 18.4 Å². The van der Waals surface area contributed by atoms with Gasteiger partial charge in [0.2, 0.25) is 0 Å². The molecule has 0 N–H and O–H groups in total. The van der Waals surface area contributed by atoms with E-state index in [1.807, 2.05) is 37.3 Å². The van der Waals surface area contributed by atoms with Gasteiger partial charge in [0.25, 0.3) is 0 Å². The van der Waals surface area contributed by atoms with Crippen molar-refractivity contribution in [2.75, 3.05) is 0 Å². The van der Waals surface area contributed by atoms with Crippen molar-refractivity contribution in [3.05, 3.63) is 35.9 Å². The van der Waals surface area contributed by atoms with Gasteiger partial charge in [0.05, 0.1) is 0 Å². The highest BCUT2D eigenvalue weighted by atomic mass is 16.5. The minimum atomic E-state index is -0.386. The molecule has 0 fully saturated rings. The molecule has 0 saturated heterocycles. The van der Waals surface area contributed by atoms with Crippen LogP contribution in [0.15, 0.2) is 30.3 Å². The molecule has 16 heavy (non-hydrogen) atoms. The van der Waals surface area contributed by atoms with Gasteiger partial charge < -0.3 is 4.74 Å². The Morgan fingerprint density at radius 2 is 2.12 bits per heavy atom. The normalized spacial score (nSPS) is 11.5. The lowest BCUT2D eigenvalue weighted by atomic mass is 10.1. The molecule has 1 aromatic carbocycles. The maximum atomic E-state index is 11.4. The van der Waals surface area contributed by atoms with Gasteiger partial charge in [-0.1, -0.05) is 43.2 Å². The van der Waals surface area contributed by atoms with E-state index in [2.05, 4.69) is 5.92 Å². The molecule has 0 aliphatic rings. The van der Waals surface area contributed by atoms with Gasteiger partial charge in [0.1, 0.15) is 0 Å². The minimum Gasteiger partial charge on any atom is -0.449 e. The lowest BCUT2D eigenvalue weighted by Gasteiger charge is -2.09. The molecule has 0 radical (unpaired) electrons. The highest BCUT2D eigenvalue weighted by molar-refractivity contribution is 5.70. The first kappa shape index (κ1) is 12.3. The quantitative estimate of drug-likeness (QED) is 0.558. The lowest BCUT2D eigenvalue weighted by molar-refractivity contribution is -0.146. The Hall–Kier alpha value is -1.75. The minimum absolute atomic E-state index is 0.228. The molecule has 0 saturated carbocycles. The molecule has 0 aromatic heterocycles. The molecule has 0 aliphatic carbocycles. The van der Waals surface area contributed by atoms with E-state index in [-0.39, 0.29) is 12.1 Å². The van der Waals surface area contributed by atoms with Gasteiger partial charge in [-0.2, -0.15) is 0 Å². The average molecular weight is 216 g/mol. The van der Waals surface area contributed by atoms with Crippen LogP contribution in [-0.4, -0.2) is 12.1 Å². The molecular formula is C14H16O2. The molecular weight excluding hydrogens is 200 g/mol. The van der Waals surface area contributed by atoms with E-state index in [0.29, 0.717) is 19.3 Å². The summed E-state index contributed by atoms with van der Waals surface area (Å²) in [5.74, 6) is 2.21. The van der Waals surface area contributed by atoms with Crippen molar-refractivity contribution in [3.8, 4) is 12.3 Å². The first-order chi connectivity index (χ1) is 7.76. The smallest absolute Gasteiger partial charge is 0.307 e. The van der Waals surface area contributed by atoms with Gasteiger partial charge in [0.15, 0.2) is 6.10 Å². The summed E-state index contributed by atoms with van der Waals surface area (Å²) in [6.07, 6.45) is 6.56. The number of hydrogen-bond donors (Lipinski definition) is 0. The largest absolute Gasteiger partial charge is 0.449 e. The fourth-order valence-corrected chi connectivity index (χ4v) is 1.34. The standard InChI is InChI=1S/C14H16O2/c1-3-13(4-2)16-14(15)11-10-12-8-6-5-7-9-12/h1,5-9,13H,4,10-11H2,2H3. The van der Waals surface area contributed by atoms with E-state index in [1.165, 1.54) is 0 Å². The second-order valence-corrected chi connectivity index (χ2v) is 3.54. The molecule has 1 rings (SSSR count).